The molecular formula is C19H38O2. The Labute approximate surface area is 132 Å². The Kier molecular flexibility index (Phi) is 12.8. The molecule has 0 saturated carbocycles. The van der Waals surface area contributed by atoms with Gasteiger partial charge in [0.15, 0.2) is 0 Å². The quantitative estimate of drug-likeness (QED) is 0.347. The molecule has 0 aromatic rings. The Morgan fingerprint density at radius 2 is 1.19 bits per heavy atom. The van der Waals surface area contributed by atoms with Crippen LogP contribution >= 0.6 is 0 Å². The minimum absolute atomic E-state index is 0.338. The van der Waals surface area contributed by atoms with Crippen molar-refractivity contribution in [2.75, 3.05) is 0 Å². The van der Waals surface area contributed by atoms with Crippen LogP contribution in [0.2, 0.25) is 0 Å². The molecule has 0 saturated heterocycles. The maximum absolute atomic E-state index is 10.4. The summed E-state index contributed by atoms with van der Waals surface area (Å²) in [5.41, 5.74) is 0.509. The van der Waals surface area contributed by atoms with E-state index in [-0.39, 0.29) is 0 Å². The summed E-state index contributed by atoms with van der Waals surface area (Å²) in [4.78, 5) is 10.4. The molecule has 0 aliphatic rings. The molecule has 1 N–H and O–H groups in total. The van der Waals surface area contributed by atoms with Crippen molar-refractivity contribution >= 4 is 5.97 Å². The highest BCUT2D eigenvalue weighted by Gasteiger charge is 2.16. The lowest BCUT2D eigenvalue weighted by Gasteiger charge is -2.24. The van der Waals surface area contributed by atoms with Crippen molar-refractivity contribution in [2.24, 2.45) is 5.41 Å². The average molecular weight is 299 g/mol. The Morgan fingerprint density at radius 1 is 0.762 bits per heavy atom. The molecule has 0 amide bonds. The minimum Gasteiger partial charge on any atom is -0.481 e. The molecule has 21 heavy (non-hydrogen) atoms. The summed E-state index contributed by atoms with van der Waals surface area (Å²) in [6.45, 7) is 7.10. The van der Waals surface area contributed by atoms with Crippen molar-refractivity contribution in [3.8, 4) is 0 Å². The van der Waals surface area contributed by atoms with Gasteiger partial charge < -0.3 is 5.11 Å². The van der Waals surface area contributed by atoms with Gasteiger partial charge in [-0.25, -0.2) is 0 Å². The summed E-state index contributed by atoms with van der Waals surface area (Å²) in [6.07, 6.45) is 17.0. The van der Waals surface area contributed by atoms with Gasteiger partial charge in [-0.1, -0.05) is 85.0 Å². The summed E-state index contributed by atoms with van der Waals surface area (Å²) in [7, 11) is 0. The first kappa shape index (κ1) is 20.5. The topological polar surface area (TPSA) is 37.3 Å². The lowest BCUT2D eigenvalue weighted by atomic mass is 9.82. The fourth-order valence-electron chi connectivity index (χ4n) is 2.92. The third kappa shape index (κ3) is 15.7. The first-order valence-corrected chi connectivity index (χ1v) is 9.20. The van der Waals surface area contributed by atoms with E-state index in [1.165, 1.54) is 70.6 Å². The second kappa shape index (κ2) is 13.2. The summed E-state index contributed by atoms with van der Waals surface area (Å²) in [5.74, 6) is -0.657. The van der Waals surface area contributed by atoms with Crippen LogP contribution in [-0.2, 0) is 4.79 Å². The fraction of sp³-hybridized carbons (Fsp3) is 0.947. The summed E-state index contributed by atoms with van der Waals surface area (Å²) in [5, 5.41) is 8.56. The number of hydrogen-bond donors (Lipinski definition) is 1. The zero-order chi connectivity index (χ0) is 16.0. The van der Waals surface area contributed by atoms with E-state index in [0.29, 0.717) is 11.8 Å². The normalized spacial score (nSPS) is 11.8. The molecule has 0 atom stereocenters. The van der Waals surface area contributed by atoms with E-state index in [1.807, 2.05) is 0 Å². The van der Waals surface area contributed by atoms with E-state index >= 15 is 0 Å². The molecule has 126 valence electrons. The van der Waals surface area contributed by atoms with Crippen LogP contribution in [-0.4, -0.2) is 11.1 Å². The highest BCUT2D eigenvalue weighted by molar-refractivity contribution is 5.66. The fourth-order valence-corrected chi connectivity index (χ4v) is 2.92. The maximum Gasteiger partial charge on any atom is 0.303 e. The number of carbonyl (C=O) groups is 1. The molecule has 0 unspecified atom stereocenters. The van der Waals surface area contributed by atoms with Crippen molar-refractivity contribution in [2.45, 2.75) is 111 Å². The number of carboxylic acids is 1. The number of aliphatic carboxylic acids is 1. The zero-order valence-corrected chi connectivity index (χ0v) is 14.8. The van der Waals surface area contributed by atoms with Crippen molar-refractivity contribution in [1.82, 2.24) is 0 Å². The van der Waals surface area contributed by atoms with Crippen molar-refractivity contribution in [1.29, 1.82) is 0 Å². The highest BCUT2D eigenvalue weighted by Crippen LogP contribution is 2.30. The SMILES string of the molecule is CCCCCCCC(C)(C)CCCCCCCCC(=O)O. The van der Waals surface area contributed by atoms with Gasteiger partial charge in [0.05, 0.1) is 0 Å². The lowest BCUT2D eigenvalue weighted by Crippen LogP contribution is -2.11. The van der Waals surface area contributed by atoms with E-state index in [9.17, 15) is 4.79 Å². The molecule has 0 aliphatic carbocycles. The van der Waals surface area contributed by atoms with Gasteiger partial charge in [-0.3, -0.25) is 4.79 Å². The first-order chi connectivity index (χ1) is 9.98. The third-order valence-corrected chi connectivity index (χ3v) is 4.45. The Bertz CT molecular complexity index is 246. The molecule has 0 aromatic carbocycles. The number of unbranched alkanes of at least 4 members (excludes halogenated alkanes) is 9. The van der Waals surface area contributed by atoms with E-state index in [2.05, 4.69) is 20.8 Å². The molecule has 0 radical (unpaired) electrons. The molecule has 0 heterocycles. The lowest BCUT2D eigenvalue weighted by molar-refractivity contribution is -0.137. The molecule has 0 spiro atoms. The predicted molar refractivity (Wildman–Crippen MR) is 91.7 cm³/mol. The molecule has 2 heteroatoms. The van der Waals surface area contributed by atoms with Crippen molar-refractivity contribution in [3.05, 3.63) is 0 Å². The van der Waals surface area contributed by atoms with Crippen LogP contribution in [0.4, 0.5) is 0 Å². The maximum atomic E-state index is 10.4. The van der Waals surface area contributed by atoms with Gasteiger partial charge in [-0.15, -0.1) is 0 Å². The van der Waals surface area contributed by atoms with Crippen LogP contribution in [0.3, 0.4) is 0 Å². The van der Waals surface area contributed by atoms with Crippen LogP contribution in [0.5, 0.6) is 0 Å². The number of rotatable bonds is 15. The molecule has 2 nitrogen and oxygen atoms in total. The second-order valence-corrected chi connectivity index (χ2v) is 7.34. The molecule has 0 aliphatic heterocycles. The minimum atomic E-state index is -0.657. The van der Waals surface area contributed by atoms with Crippen LogP contribution in [0, 0.1) is 5.41 Å². The van der Waals surface area contributed by atoms with E-state index in [0.717, 1.165) is 12.8 Å². The van der Waals surface area contributed by atoms with E-state index < -0.39 is 5.97 Å². The summed E-state index contributed by atoms with van der Waals surface area (Å²) < 4.78 is 0. The number of carboxylic acid groups (broad SMARTS) is 1. The first-order valence-electron chi connectivity index (χ1n) is 9.20. The van der Waals surface area contributed by atoms with Crippen LogP contribution in [0.25, 0.3) is 0 Å². The van der Waals surface area contributed by atoms with Gasteiger partial charge in [0, 0.05) is 6.42 Å². The van der Waals surface area contributed by atoms with Gasteiger partial charge in [-0.2, -0.15) is 0 Å². The van der Waals surface area contributed by atoms with E-state index in [1.54, 1.807) is 0 Å². The largest absolute Gasteiger partial charge is 0.481 e. The molecule has 0 fully saturated rings. The van der Waals surface area contributed by atoms with Crippen LogP contribution in [0.1, 0.15) is 111 Å². The van der Waals surface area contributed by atoms with Crippen molar-refractivity contribution in [3.63, 3.8) is 0 Å². The van der Waals surface area contributed by atoms with Gasteiger partial charge >= 0.3 is 5.97 Å². The monoisotopic (exact) mass is 298 g/mol. The average Bonchev–Trinajstić information content (AvgIpc) is 2.41. The standard InChI is InChI=1S/C19H38O2/c1-4-5-6-10-13-16-19(2,3)17-14-11-8-7-9-12-15-18(20)21/h4-17H2,1-3H3,(H,20,21). The smallest absolute Gasteiger partial charge is 0.303 e. The Balaban J connectivity index is 3.37. The second-order valence-electron chi connectivity index (χ2n) is 7.34. The Morgan fingerprint density at radius 3 is 1.67 bits per heavy atom. The van der Waals surface area contributed by atoms with Crippen molar-refractivity contribution < 1.29 is 9.90 Å². The Hall–Kier alpha value is -0.530. The molecule has 0 bridgehead atoms. The van der Waals surface area contributed by atoms with Gasteiger partial charge in [0.25, 0.3) is 0 Å². The highest BCUT2D eigenvalue weighted by atomic mass is 16.4. The van der Waals surface area contributed by atoms with Crippen LogP contribution < -0.4 is 0 Å². The zero-order valence-electron chi connectivity index (χ0n) is 14.8. The van der Waals surface area contributed by atoms with Gasteiger partial charge in [-0.05, 0) is 24.7 Å². The van der Waals surface area contributed by atoms with Gasteiger partial charge in [0.2, 0.25) is 0 Å². The molecule has 0 rings (SSSR count). The third-order valence-electron chi connectivity index (χ3n) is 4.45. The van der Waals surface area contributed by atoms with E-state index in [4.69, 9.17) is 5.11 Å². The molecule has 0 aromatic heterocycles. The number of hydrogen-bond acceptors (Lipinski definition) is 1. The van der Waals surface area contributed by atoms with Crippen LogP contribution in [0.15, 0.2) is 0 Å². The molecular weight excluding hydrogens is 260 g/mol. The van der Waals surface area contributed by atoms with Gasteiger partial charge in [0.1, 0.15) is 0 Å². The summed E-state index contributed by atoms with van der Waals surface area (Å²) >= 11 is 0. The predicted octanol–water partition coefficient (Wildman–Crippen LogP) is 6.58. The summed E-state index contributed by atoms with van der Waals surface area (Å²) in [6, 6.07) is 0.